The molecule has 1 aromatic heterocycles. The van der Waals surface area contributed by atoms with Crippen molar-refractivity contribution in [3.63, 3.8) is 0 Å². The highest BCUT2D eigenvalue weighted by Gasteiger charge is 2.13. The van der Waals surface area contributed by atoms with Gasteiger partial charge in [0.2, 0.25) is 0 Å². The summed E-state index contributed by atoms with van der Waals surface area (Å²) >= 11 is 5.93. The van der Waals surface area contributed by atoms with Gasteiger partial charge in [0.15, 0.2) is 0 Å². The minimum Gasteiger partial charge on any atom is -0.488 e. The Morgan fingerprint density at radius 1 is 1.37 bits per heavy atom. The Hall–Kier alpha value is -1.68. The van der Waals surface area contributed by atoms with E-state index in [2.05, 4.69) is 10.4 Å². The Kier molecular flexibility index (Phi) is 4.00. The maximum atomic E-state index is 5.93. The molecule has 0 bridgehead atoms. The van der Waals surface area contributed by atoms with Gasteiger partial charge in [0.05, 0.1) is 11.3 Å². The summed E-state index contributed by atoms with van der Waals surface area (Å²) in [5, 5.41) is 8.25. The number of anilines is 1. The van der Waals surface area contributed by atoms with Crippen LogP contribution in [0.5, 0.6) is 5.75 Å². The zero-order chi connectivity index (χ0) is 14.0. The van der Waals surface area contributed by atoms with Gasteiger partial charge in [-0.2, -0.15) is 5.10 Å². The van der Waals surface area contributed by atoms with Crippen LogP contribution in [0.4, 0.5) is 5.82 Å². The minimum absolute atomic E-state index is 0.484. The van der Waals surface area contributed by atoms with Gasteiger partial charge in [-0.05, 0) is 37.6 Å². The molecule has 102 valence electrons. The van der Waals surface area contributed by atoms with Crippen LogP contribution in [0.1, 0.15) is 16.8 Å². The fraction of sp³-hybridized carbons (Fsp3) is 0.357. The van der Waals surface area contributed by atoms with Crippen molar-refractivity contribution in [2.45, 2.75) is 20.5 Å². The van der Waals surface area contributed by atoms with Crippen LogP contribution >= 0.6 is 11.6 Å². The maximum Gasteiger partial charge on any atom is 0.130 e. The van der Waals surface area contributed by atoms with Crippen LogP contribution < -0.4 is 10.1 Å². The highest BCUT2D eigenvalue weighted by atomic mass is 35.5. The van der Waals surface area contributed by atoms with E-state index in [1.807, 2.05) is 50.8 Å². The number of rotatable bonds is 4. The topological polar surface area (TPSA) is 39.1 Å². The van der Waals surface area contributed by atoms with Crippen LogP contribution in [0.3, 0.4) is 0 Å². The number of ether oxygens (including phenoxy) is 1. The Bertz CT molecular complexity index is 593. The molecule has 1 N–H and O–H groups in total. The van der Waals surface area contributed by atoms with E-state index >= 15 is 0 Å². The molecule has 0 aliphatic carbocycles. The number of nitrogens with one attached hydrogen (secondary N) is 1. The van der Waals surface area contributed by atoms with Gasteiger partial charge in [-0.1, -0.05) is 11.6 Å². The third kappa shape index (κ3) is 2.84. The van der Waals surface area contributed by atoms with Crippen LogP contribution in [0, 0.1) is 13.8 Å². The first-order valence-corrected chi connectivity index (χ1v) is 6.50. The lowest BCUT2D eigenvalue weighted by Crippen LogP contribution is -2.03. The van der Waals surface area contributed by atoms with E-state index < -0.39 is 0 Å². The van der Waals surface area contributed by atoms with Gasteiger partial charge in [-0.25, -0.2) is 0 Å². The van der Waals surface area contributed by atoms with E-state index in [-0.39, 0.29) is 0 Å². The molecule has 2 rings (SSSR count). The summed E-state index contributed by atoms with van der Waals surface area (Å²) in [6.07, 6.45) is 0. The zero-order valence-corrected chi connectivity index (χ0v) is 12.4. The van der Waals surface area contributed by atoms with E-state index in [4.69, 9.17) is 16.3 Å². The van der Waals surface area contributed by atoms with Gasteiger partial charge >= 0.3 is 0 Å². The highest BCUT2D eigenvalue weighted by Crippen LogP contribution is 2.25. The second-order valence-electron chi connectivity index (χ2n) is 4.48. The molecule has 0 atom stereocenters. The molecule has 1 aromatic carbocycles. The average molecular weight is 280 g/mol. The maximum absolute atomic E-state index is 5.93. The summed E-state index contributed by atoms with van der Waals surface area (Å²) in [4.78, 5) is 0. The molecule has 2 aromatic rings. The van der Waals surface area contributed by atoms with Crippen LogP contribution in [-0.4, -0.2) is 16.8 Å². The molecule has 0 spiro atoms. The van der Waals surface area contributed by atoms with Gasteiger partial charge in [0, 0.05) is 19.1 Å². The number of nitrogens with zero attached hydrogens (tertiary/aromatic N) is 2. The summed E-state index contributed by atoms with van der Waals surface area (Å²) in [6, 6.07) is 5.62. The standard InChI is InChI=1S/C14H18ClN3O/c1-9-7-11(15)5-6-13(9)19-8-12-10(2)17-18(4)14(12)16-3/h5-7,16H,8H2,1-4H3. The normalized spacial score (nSPS) is 10.6. The molecule has 0 fully saturated rings. The summed E-state index contributed by atoms with van der Waals surface area (Å²) in [5.41, 5.74) is 3.07. The van der Waals surface area contributed by atoms with Crippen molar-refractivity contribution in [1.82, 2.24) is 9.78 Å². The molecule has 0 unspecified atom stereocenters. The fourth-order valence-corrected chi connectivity index (χ4v) is 2.34. The summed E-state index contributed by atoms with van der Waals surface area (Å²) in [7, 11) is 3.80. The molecule has 1 heterocycles. The second-order valence-corrected chi connectivity index (χ2v) is 4.92. The largest absolute Gasteiger partial charge is 0.488 e. The summed E-state index contributed by atoms with van der Waals surface area (Å²) in [5.74, 6) is 1.82. The first-order chi connectivity index (χ1) is 9.02. The third-order valence-corrected chi connectivity index (χ3v) is 3.33. The van der Waals surface area contributed by atoms with Crippen molar-refractivity contribution < 1.29 is 4.74 Å². The second kappa shape index (κ2) is 5.53. The molecule has 0 saturated carbocycles. The third-order valence-electron chi connectivity index (χ3n) is 3.09. The minimum atomic E-state index is 0.484. The number of benzene rings is 1. The molecule has 0 amide bonds. The Morgan fingerprint density at radius 3 is 2.74 bits per heavy atom. The van der Waals surface area contributed by atoms with Gasteiger partial charge in [0.1, 0.15) is 18.2 Å². The molecule has 0 aliphatic heterocycles. The van der Waals surface area contributed by atoms with E-state index in [0.29, 0.717) is 6.61 Å². The first-order valence-electron chi connectivity index (χ1n) is 6.12. The predicted octanol–water partition coefficient (Wildman–Crippen LogP) is 3.31. The van der Waals surface area contributed by atoms with Crippen LogP contribution in [0.15, 0.2) is 18.2 Å². The van der Waals surface area contributed by atoms with Gasteiger partial charge in [0.25, 0.3) is 0 Å². The highest BCUT2D eigenvalue weighted by molar-refractivity contribution is 6.30. The van der Waals surface area contributed by atoms with E-state index in [1.54, 1.807) is 0 Å². The van der Waals surface area contributed by atoms with E-state index in [9.17, 15) is 0 Å². The number of hydrogen-bond acceptors (Lipinski definition) is 3. The molecular formula is C14H18ClN3O. The van der Waals surface area contributed by atoms with Crippen LogP contribution in [0.2, 0.25) is 5.02 Å². The molecular weight excluding hydrogens is 262 g/mol. The SMILES string of the molecule is CNc1c(COc2ccc(Cl)cc2C)c(C)nn1C. The van der Waals surface area contributed by atoms with Crippen molar-refractivity contribution in [3.8, 4) is 5.75 Å². The fourth-order valence-electron chi connectivity index (χ4n) is 2.11. The van der Waals surface area contributed by atoms with Gasteiger partial charge < -0.3 is 10.1 Å². The number of aryl methyl sites for hydroxylation is 3. The summed E-state index contributed by atoms with van der Waals surface area (Å²) in [6.45, 7) is 4.45. The van der Waals surface area contributed by atoms with E-state index in [0.717, 1.165) is 33.4 Å². The lowest BCUT2D eigenvalue weighted by molar-refractivity contribution is 0.304. The zero-order valence-electron chi connectivity index (χ0n) is 11.6. The molecule has 0 aliphatic rings. The average Bonchev–Trinajstić information content (AvgIpc) is 2.62. The number of halogens is 1. The van der Waals surface area contributed by atoms with Crippen molar-refractivity contribution in [2.75, 3.05) is 12.4 Å². The monoisotopic (exact) mass is 279 g/mol. The number of aromatic nitrogens is 2. The van der Waals surface area contributed by atoms with Crippen LogP contribution in [0.25, 0.3) is 0 Å². The molecule has 4 nitrogen and oxygen atoms in total. The van der Waals surface area contributed by atoms with Crippen molar-refractivity contribution in [3.05, 3.63) is 40.0 Å². The van der Waals surface area contributed by atoms with Crippen molar-refractivity contribution in [1.29, 1.82) is 0 Å². The van der Waals surface area contributed by atoms with Gasteiger partial charge in [-0.15, -0.1) is 0 Å². The lowest BCUT2D eigenvalue weighted by Gasteiger charge is -2.10. The van der Waals surface area contributed by atoms with E-state index in [1.165, 1.54) is 0 Å². The Morgan fingerprint density at radius 2 is 2.11 bits per heavy atom. The lowest BCUT2D eigenvalue weighted by atomic mass is 10.2. The predicted molar refractivity (Wildman–Crippen MR) is 78.0 cm³/mol. The smallest absolute Gasteiger partial charge is 0.130 e. The van der Waals surface area contributed by atoms with Crippen molar-refractivity contribution >= 4 is 17.4 Å². The Labute approximate surface area is 118 Å². The van der Waals surface area contributed by atoms with Crippen LogP contribution in [-0.2, 0) is 13.7 Å². The molecule has 0 saturated heterocycles. The van der Waals surface area contributed by atoms with Gasteiger partial charge in [-0.3, -0.25) is 4.68 Å². The summed E-state index contributed by atoms with van der Waals surface area (Å²) < 4.78 is 7.68. The number of hydrogen-bond donors (Lipinski definition) is 1. The molecule has 0 radical (unpaired) electrons. The first kappa shape index (κ1) is 13.7. The Balaban J connectivity index is 2.19. The quantitative estimate of drug-likeness (QED) is 0.933. The van der Waals surface area contributed by atoms with Crippen molar-refractivity contribution in [2.24, 2.45) is 7.05 Å². The molecule has 19 heavy (non-hydrogen) atoms. The molecule has 5 heteroatoms.